The number of nitrogens with one attached hydrogen (secondary N) is 1. The van der Waals surface area contributed by atoms with Crippen molar-refractivity contribution in [2.24, 2.45) is 56.7 Å². The highest BCUT2D eigenvalue weighted by atomic mass is 16.3. The molecule has 0 saturated heterocycles. The minimum Gasteiger partial charge on any atom is -0.393 e. The Labute approximate surface area is 258 Å². The van der Waals surface area contributed by atoms with Crippen molar-refractivity contribution in [3.05, 3.63) is 12.2 Å². The molecule has 0 heterocycles. The molecule has 0 bridgehead atoms. The molecule has 5 fully saturated rings. The molecule has 10 atom stereocenters. The Hall–Kier alpha value is -0.910. The van der Waals surface area contributed by atoms with Gasteiger partial charge >= 0.3 is 0 Å². The Kier molecular flexibility index (Phi) is 8.63. The summed E-state index contributed by atoms with van der Waals surface area (Å²) in [6.45, 7) is 23.1. The highest BCUT2D eigenvalue weighted by Crippen LogP contribution is 2.77. The molecule has 5 aliphatic rings. The molecule has 0 spiro atoms. The van der Waals surface area contributed by atoms with Crippen LogP contribution in [0.5, 0.6) is 0 Å². The second-order valence-corrected chi connectivity index (χ2v) is 17.6. The zero-order valence-corrected chi connectivity index (χ0v) is 28.8. The predicted molar refractivity (Wildman–Crippen MR) is 174 cm³/mol. The smallest absolute Gasteiger partial charge is 0.226 e. The Morgan fingerprint density at radius 3 is 2.21 bits per heavy atom. The minimum absolute atomic E-state index is 0.0110. The van der Waals surface area contributed by atoms with Crippen LogP contribution in [0.1, 0.15) is 106 Å². The van der Waals surface area contributed by atoms with Gasteiger partial charge in [-0.15, -0.1) is 0 Å². The molecule has 240 valence electrons. The summed E-state index contributed by atoms with van der Waals surface area (Å²) in [7, 11) is 6.39. The number of hydrogen-bond acceptors (Lipinski definition) is 4. The topological polar surface area (TPSA) is 55.8 Å². The van der Waals surface area contributed by atoms with E-state index in [1.807, 2.05) is 0 Å². The van der Waals surface area contributed by atoms with Gasteiger partial charge in [0.25, 0.3) is 0 Å². The van der Waals surface area contributed by atoms with Gasteiger partial charge < -0.3 is 20.2 Å². The molecule has 5 saturated carbocycles. The fourth-order valence-corrected chi connectivity index (χ4v) is 12.5. The number of nitrogens with zero attached hydrogens (tertiary/aromatic N) is 2. The number of allylic oxidation sites excluding steroid dienone is 1. The standard InChI is InChI=1S/C37H65N3O2/c1-25(2)26-13-18-37(32(42)38-21-22-40(10)24-23-39(8)9)20-19-35(6)27(31(26)37)11-12-29-34(5)16-15-30(41)33(3,4)28(34)14-17-36(29,35)7/h26-31,41H,1,11-24H2,2-10H3,(H,38,42)/t26-,27+,28-,29+,30-,31+,34-,35+,36+,37-/m0/s1. The van der Waals surface area contributed by atoms with E-state index in [0.29, 0.717) is 35.5 Å². The van der Waals surface area contributed by atoms with Crippen LogP contribution in [0, 0.1) is 56.7 Å². The number of fused-ring (bicyclic) bond motifs is 7. The van der Waals surface area contributed by atoms with Crippen molar-refractivity contribution in [3.63, 3.8) is 0 Å². The van der Waals surface area contributed by atoms with Crippen LogP contribution < -0.4 is 5.32 Å². The summed E-state index contributed by atoms with van der Waals surface area (Å²) >= 11 is 0. The van der Waals surface area contributed by atoms with Crippen molar-refractivity contribution < 1.29 is 9.90 Å². The quantitative estimate of drug-likeness (QED) is 0.316. The van der Waals surface area contributed by atoms with Crippen LogP contribution in [-0.2, 0) is 4.79 Å². The van der Waals surface area contributed by atoms with Crippen molar-refractivity contribution in [1.82, 2.24) is 15.1 Å². The van der Waals surface area contributed by atoms with Gasteiger partial charge in [-0.2, -0.15) is 0 Å². The van der Waals surface area contributed by atoms with Gasteiger partial charge in [0.2, 0.25) is 5.91 Å². The number of likely N-dealkylation sites (N-methyl/N-ethyl adjacent to an activating group) is 2. The summed E-state index contributed by atoms with van der Waals surface area (Å²) in [5.74, 6) is 3.07. The Morgan fingerprint density at radius 2 is 1.55 bits per heavy atom. The van der Waals surface area contributed by atoms with E-state index in [0.717, 1.165) is 58.3 Å². The monoisotopic (exact) mass is 584 g/mol. The van der Waals surface area contributed by atoms with E-state index in [1.165, 1.54) is 37.7 Å². The molecule has 5 heteroatoms. The van der Waals surface area contributed by atoms with E-state index in [4.69, 9.17) is 0 Å². The lowest BCUT2D eigenvalue weighted by Crippen LogP contribution is -2.67. The molecule has 0 aliphatic heterocycles. The lowest BCUT2D eigenvalue weighted by atomic mass is 9.32. The molecule has 1 amide bonds. The molecule has 0 aromatic rings. The largest absolute Gasteiger partial charge is 0.393 e. The van der Waals surface area contributed by atoms with Gasteiger partial charge in [0, 0.05) is 26.2 Å². The molecular weight excluding hydrogens is 518 g/mol. The van der Waals surface area contributed by atoms with Crippen LogP contribution in [0.25, 0.3) is 0 Å². The number of hydrogen-bond donors (Lipinski definition) is 2. The van der Waals surface area contributed by atoms with Gasteiger partial charge in [-0.25, -0.2) is 0 Å². The van der Waals surface area contributed by atoms with E-state index in [2.05, 4.69) is 84.4 Å². The normalized spacial score (nSPS) is 46.0. The van der Waals surface area contributed by atoms with Crippen LogP contribution in [-0.4, -0.2) is 74.2 Å². The summed E-state index contributed by atoms with van der Waals surface area (Å²) in [4.78, 5) is 18.9. The molecule has 42 heavy (non-hydrogen) atoms. The van der Waals surface area contributed by atoms with Crippen molar-refractivity contribution in [3.8, 4) is 0 Å². The number of amides is 1. The highest BCUT2D eigenvalue weighted by Gasteiger charge is 2.71. The van der Waals surface area contributed by atoms with Crippen LogP contribution >= 0.6 is 0 Å². The van der Waals surface area contributed by atoms with Crippen molar-refractivity contribution >= 4 is 5.91 Å². The summed E-state index contributed by atoms with van der Waals surface area (Å²) in [5, 5.41) is 14.5. The summed E-state index contributed by atoms with van der Waals surface area (Å²) in [6.07, 6.45) is 11.3. The molecule has 5 nitrogen and oxygen atoms in total. The van der Waals surface area contributed by atoms with E-state index >= 15 is 0 Å². The number of aliphatic hydroxyl groups excluding tert-OH is 1. The molecule has 5 rings (SSSR count). The first-order valence-corrected chi connectivity index (χ1v) is 17.5. The Morgan fingerprint density at radius 1 is 0.833 bits per heavy atom. The third-order valence-corrected chi connectivity index (χ3v) is 15.2. The van der Waals surface area contributed by atoms with Crippen LogP contribution in [0.15, 0.2) is 12.2 Å². The van der Waals surface area contributed by atoms with Crippen molar-refractivity contribution in [2.75, 3.05) is 47.3 Å². The fraction of sp³-hybridized carbons (Fsp3) is 0.919. The zero-order valence-electron chi connectivity index (χ0n) is 28.8. The molecule has 0 unspecified atom stereocenters. The first-order chi connectivity index (χ1) is 19.5. The van der Waals surface area contributed by atoms with Crippen molar-refractivity contribution in [1.29, 1.82) is 0 Å². The molecule has 2 N–H and O–H groups in total. The predicted octanol–water partition coefficient (Wildman–Crippen LogP) is 6.61. The lowest BCUT2D eigenvalue weighted by molar-refractivity contribution is -0.246. The molecular formula is C37H65N3O2. The van der Waals surface area contributed by atoms with E-state index in [9.17, 15) is 9.90 Å². The Bertz CT molecular complexity index is 1040. The zero-order chi connectivity index (χ0) is 30.9. The highest BCUT2D eigenvalue weighted by molar-refractivity contribution is 5.84. The summed E-state index contributed by atoms with van der Waals surface area (Å²) in [6, 6.07) is 0. The SMILES string of the molecule is C=C(C)[C@@H]1CC[C@]2(C(=O)NCCN(C)CCN(C)C)CC[C@]3(C)[C@H](CC[C@@H]4[C@@]5(C)CC[C@H](O)C(C)(C)[C@@H]5CC[C@]43C)[C@@H]12. The maximum Gasteiger partial charge on any atom is 0.226 e. The fourth-order valence-electron chi connectivity index (χ4n) is 12.5. The summed E-state index contributed by atoms with van der Waals surface area (Å²) < 4.78 is 0. The third kappa shape index (κ3) is 4.77. The van der Waals surface area contributed by atoms with E-state index < -0.39 is 0 Å². The van der Waals surface area contributed by atoms with Crippen molar-refractivity contribution in [2.45, 2.75) is 112 Å². The number of carbonyl (C=O) groups is 1. The third-order valence-electron chi connectivity index (χ3n) is 15.2. The molecule has 0 radical (unpaired) electrons. The van der Waals surface area contributed by atoms with Gasteiger partial charge in [-0.1, -0.05) is 46.8 Å². The average molecular weight is 584 g/mol. The molecule has 0 aromatic heterocycles. The Balaban J connectivity index is 1.40. The maximum atomic E-state index is 14.3. The van der Waals surface area contributed by atoms with Crippen LogP contribution in [0.4, 0.5) is 0 Å². The first-order valence-electron chi connectivity index (χ1n) is 17.5. The number of aliphatic hydroxyl groups is 1. The van der Waals surface area contributed by atoms with E-state index in [-0.39, 0.29) is 33.2 Å². The van der Waals surface area contributed by atoms with Gasteiger partial charge in [0.1, 0.15) is 0 Å². The van der Waals surface area contributed by atoms with E-state index in [1.54, 1.807) is 0 Å². The van der Waals surface area contributed by atoms with Gasteiger partial charge in [0.15, 0.2) is 0 Å². The maximum absolute atomic E-state index is 14.3. The van der Waals surface area contributed by atoms with Crippen LogP contribution in [0.2, 0.25) is 0 Å². The first kappa shape index (κ1) is 32.5. The molecule has 5 aliphatic carbocycles. The lowest BCUT2D eigenvalue weighted by Gasteiger charge is -2.72. The second-order valence-electron chi connectivity index (χ2n) is 17.6. The van der Waals surface area contributed by atoms with Gasteiger partial charge in [-0.05, 0) is 144 Å². The van der Waals surface area contributed by atoms with Gasteiger partial charge in [-0.3, -0.25) is 4.79 Å². The van der Waals surface area contributed by atoms with Gasteiger partial charge in [0.05, 0.1) is 11.5 Å². The minimum atomic E-state index is -0.239. The second kappa shape index (κ2) is 11.2. The van der Waals surface area contributed by atoms with Crippen LogP contribution in [0.3, 0.4) is 0 Å². The number of carbonyl (C=O) groups excluding carboxylic acids is 1. The average Bonchev–Trinajstić information content (AvgIpc) is 3.31. The summed E-state index contributed by atoms with van der Waals surface area (Å²) in [5.41, 5.74) is 1.86. The number of rotatable bonds is 8. The molecule has 0 aromatic carbocycles.